The number of H-pyrrole nitrogens is 1. The molecule has 4 rings (SSSR count). The fourth-order valence-corrected chi connectivity index (χ4v) is 3.67. The largest absolute Gasteiger partial charge is 0.418 e. The number of nitrogens with zero attached hydrogens (tertiary/aromatic N) is 3. The van der Waals surface area contributed by atoms with Crippen molar-refractivity contribution in [2.24, 2.45) is 0 Å². The average molecular weight is 396 g/mol. The molecule has 0 unspecified atom stereocenters. The monoisotopic (exact) mass is 396 g/mol. The summed E-state index contributed by atoms with van der Waals surface area (Å²) >= 11 is 1.53. The van der Waals surface area contributed by atoms with Gasteiger partial charge < -0.3 is 19.0 Å². The first-order valence-electron chi connectivity index (χ1n) is 8.92. The van der Waals surface area contributed by atoms with Crippen LogP contribution in [-0.2, 0) is 22.5 Å². The van der Waals surface area contributed by atoms with Crippen molar-refractivity contribution in [3.05, 3.63) is 59.4 Å². The van der Waals surface area contributed by atoms with Crippen molar-refractivity contribution in [3.63, 3.8) is 0 Å². The average Bonchev–Trinajstić information content (AvgIpc) is 3.46. The summed E-state index contributed by atoms with van der Waals surface area (Å²) in [6.07, 6.45) is 2.18. The Balaban J connectivity index is 1.50. The van der Waals surface area contributed by atoms with Crippen molar-refractivity contribution >= 4 is 28.1 Å². The summed E-state index contributed by atoms with van der Waals surface area (Å²) in [5, 5.41) is 11.2. The number of hydrogen-bond donors (Lipinski definition) is 1. The van der Waals surface area contributed by atoms with Gasteiger partial charge in [-0.1, -0.05) is 24.3 Å². The van der Waals surface area contributed by atoms with Crippen LogP contribution in [0.3, 0.4) is 0 Å². The molecule has 0 atom stereocenters. The molecule has 0 aliphatic rings. The lowest BCUT2D eigenvalue weighted by Crippen LogP contribution is -2.34. The summed E-state index contributed by atoms with van der Waals surface area (Å²) in [5.74, 6) is 0.866. The smallest absolute Gasteiger partial charge is 0.257 e. The molecule has 0 bridgehead atoms. The zero-order valence-electron chi connectivity index (χ0n) is 15.4. The minimum Gasteiger partial charge on any atom is -0.418 e. The molecule has 0 radical (unpaired) electrons. The number of hydrogen-bond acceptors (Lipinski definition) is 6. The molecule has 1 N–H and O–H groups in total. The van der Waals surface area contributed by atoms with Crippen LogP contribution in [0.1, 0.15) is 11.5 Å². The van der Waals surface area contributed by atoms with Crippen LogP contribution in [0.5, 0.6) is 0 Å². The second kappa shape index (κ2) is 8.37. The number of para-hydroxylation sites is 1. The van der Waals surface area contributed by atoms with Gasteiger partial charge in [0.15, 0.2) is 0 Å². The zero-order valence-corrected chi connectivity index (χ0v) is 16.2. The second-order valence-corrected chi connectivity index (χ2v) is 7.27. The number of ether oxygens (including phenoxy) is 1. The quantitative estimate of drug-likeness (QED) is 0.493. The molecule has 4 aromatic rings. The number of fused-ring (bicyclic) bond motifs is 1. The van der Waals surface area contributed by atoms with Crippen LogP contribution in [0.2, 0.25) is 0 Å². The van der Waals surface area contributed by atoms with Crippen LogP contribution in [0.25, 0.3) is 21.7 Å². The number of benzene rings is 1. The van der Waals surface area contributed by atoms with Crippen molar-refractivity contribution in [1.29, 1.82) is 0 Å². The minimum absolute atomic E-state index is 0.0160. The number of carbonyl (C=O) groups excluding carboxylic acids is 1. The van der Waals surface area contributed by atoms with Crippen LogP contribution in [0.15, 0.2) is 52.4 Å². The zero-order chi connectivity index (χ0) is 19.3. The molecule has 0 saturated carbocycles. The normalized spacial score (nSPS) is 11.2. The van der Waals surface area contributed by atoms with E-state index in [1.807, 2.05) is 48.0 Å². The number of aromatic nitrogens is 3. The Labute approximate surface area is 166 Å². The molecule has 7 nitrogen and oxygen atoms in total. The van der Waals surface area contributed by atoms with Crippen LogP contribution in [-0.4, -0.2) is 46.2 Å². The standard InChI is InChI=1S/C20H20N4O3S/c1-26-9-8-24(13-18-22-23-20(27-18)17-7-4-10-28-17)19(25)11-14-12-21-16-6-3-2-5-15(14)16/h2-7,10,12,21H,8-9,11,13H2,1H3. The first-order valence-corrected chi connectivity index (χ1v) is 9.80. The molecule has 144 valence electrons. The van der Waals surface area contributed by atoms with Gasteiger partial charge in [-0.3, -0.25) is 4.79 Å². The van der Waals surface area contributed by atoms with E-state index < -0.39 is 0 Å². The highest BCUT2D eigenvalue weighted by Crippen LogP contribution is 2.24. The van der Waals surface area contributed by atoms with Crippen LogP contribution in [0.4, 0.5) is 0 Å². The van der Waals surface area contributed by atoms with Gasteiger partial charge in [-0.15, -0.1) is 21.5 Å². The summed E-state index contributed by atoms with van der Waals surface area (Å²) in [6, 6.07) is 11.8. The van der Waals surface area contributed by atoms with Crippen LogP contribution in [0, 0.1) is 0 Å². The number of nitrogens with one attached hydrogen (secondary N) is 1. The Morgan fingerprint density at radius 3 is 2.96 bits per heavy atom. The first-order chi connectivity index (χ1) is 13.7. The highest BCUT2D eigenvalue weighted by atomic mass is 32.1. The fraction of sp³-hybridized carbons (Fsp3) is 0.250. The summed E-state index contributed by atoms with van der Waals surface area (Å²) < 4.78 is 10.9. The number of thiophene rings is 1. The third-order valence-electron chi connectivity index (χ3n) is 4.46. The van der Waals surface area contributed by atoms with E-state index in [2.05, 4.69) is 15.2 Å². The fourth-order valence-electron chi connectivity index (χ4n) is 3.03. The Morgan fingerprint density at radius 2 is 2.14 bits per heavy atom. The summed E-state index contributed by atoms with van der Waals surface area (Å²) in [7, 11) is 1.61. The minimum atomic E-state index is -0.0160. The lowest BCUT2D eigenvalue weighted by atomic mass is 10.1. The van der Waals surface area contributed by atoms with E-state index in [1.165, 1.54) is 11.3 Å². The Morgan fingerprint density at radius 1 is 1.25 bits per heavy atom. The van der Waals surface area contributed by atoms with Gasteiger partial charge in [-0.25, -0.2) is 0 Å². The van der Waals surface area contributed by atoms with Crippen LogP contribution < -0.4 is 0 Å². The van der Waals surface area contributed by atoms with Crippen molar-refractivity contribution in [2.75, 3.05) is 20.3 Å². The lowest BCUT2D eigenvalue weighted by Gasteiger charge is -2.20. The number of aromatic amines is 1. The molecular weight excluding hydrogens is 376 g/mol. The first kappa shape index (κ1) is 18.4. The predicted molar refractivity (Wildman–Crippen MR) is 107 cm³/mol. The molecule has 0 spiro atoms. The summed E-state index contributed by atoms with van der Waals surface area (Å²) in [4.78, 5) is 18.8. The third kappa shape index (κ3) is 3.97. The SMILES string of the molecule is COCCN(Cc1nnc(-c2cccs2)o1)C(=O)Cc1c[nH]c2ccccc12. The maximum absolute atomic E-state index is 13.0. The molecule has 0 aliphatic carbocycles. The number of amides is 1. The van der Waals surface area contributed by atoms with Gasteiger partial charge in [-0.2, -0.15) is 0 Å². The van der Waals surface area contributed by atoms with Crippen molar-refractivity contribution in [1.82, 2.24) is 20.1 Å². The summed E-state index contributed by atoms with van der Waals surface area (Å²) in [5.41, 5.74) is 1.99. The van der Waals surface area contributed by atoms with Crippen molar-refractivity contribution in [3.8, 4) is 10.8 Å². The van der Waals surface area contributed by atoms with Crippen molar-refractivity contribution < 1.29 is 13.9 Å². The highest BCUT2D eigenvalue weighted by Gasteiger charge is 2.19. The van der Waals surface area contributed by atoms with Gasteiger partial charge in [-0.05, 0) is 23.1 Å². The van der Waals surface area contributed by atoms with E-state index in [0.717, 1.165) is 21.3 Å². The van der Waals surface area contributed by atoms with E-state index in [9.17, 15) is 4.79 Å². The molecule has 0 aliphatic heterocycles. The molecule has 0 fully saturated rings. The maximum Gasteiger partial charge on any atom is 0.257 e. The molecular formula is C20H20N4O3S. The molecule has 3 heterocycles. The van der Waals surface area contributed by atoms with E-state index in [0.29, 0.717) is 31.4 Å². The number of methoxy groups -OCH3 is 1. The molecule has 3 aromatic heterocycles. The van der Waals surface area contributed by atoms with E-state index >= 15 is 0 Å². The second-order valence-electron chi connectivity index (χ2n) is 6.32. The molecule has 0 saturated heterocycles. The van der Waals surface area contributed by atoms with E-state index in [1.54, 1.807) is 12.0 Å². The van der Waals surface area contributed by atoms with E-state index in [-0.39, 0.29) is 12.5 Å². The molecule has 28 heavy (non-hydrogen) atoms. The van der Waals surface area contributed by atoms with Gasteiger partial charge in [0.25, 0.3) is 5.89 Å². The topological polar surface area (TPSA) is 84.2 Å². The number of carbonyl (C=O) groups is 1. The van der Waals surface area contributed by atoms with Gasteiger partial charge >= 0.3 is 0 Å². The Kier molecular flexibility index (Phi) is 5.50. The van der Waals surface area contributed by atoms with Gasteiger partial charge in [0, 0.05) is 30.8 Å². The molecule has 1 amide bonds. The Hall–Kier alpha value is -2.97. The van der Waals surface area contributed by atoms with Gasteiger partial charge in [0.1, 0.15) is 0 Å². The lowest BCUT2D eigenvalue weighted by molar-refractivity contribution is -0.132. The number of rotatable bonds is 8. The van der Waals surface area contributed by atoms with Crippen molar-refractivity contribution in [2.45, 2.75) is 13.0 Å². The van der Waals surface area contributed by atoms with Gasteiger partial charge in [0.2, 0.25) is 11.8 Å². The molecule has 8 heteroatoms. The predicted octanol–water partition coefficient (Wildman–Crippen LogP) is 3.50. The highest BCUT2D eigenvalue weighted by molar-refractivity contribution is 7.13. The molecule has 1 aromatic carbocycles. The van der Waals surface area contributed by atoms with Gasteiger partial charge in [0.05, 0.1) is 24.4 Å². The third-order valence-corrected chi connectivity index (χ3v) is 5.32. The maximum atomic E-state index is 13.0. The van der Waals surface area contributed by atoms with E-state index in [4.69, 9.17) is 9.15 Å². The Bertz CT molecular complexity index is 1050. The van der Waals surface area contributed by atoms with Crippen LogP contribution >= 0.6 is 11.3 Å². The summed E-state index contributed by atoms with van der Waals surface area (Å²) in [6.45, 7) is 1.14.